The lowest BCUT2D eigenvalue weighted by Gasteiger charge is -1.97. The molecule has 0 unspecified atom stereocenters. The zero-order valence-corrected chi connectivity index (χ0v) is 11.6. The molecule has 0 spiro atoms. The Kier molecular flexibility index (Phi) is 4.10. The van der Waals surface area contributed by atoms with Crippen LogP contribution in [0.3, 0.4) is 0 Å². The molecule has 0 bridgehead atoms. The van der Waals surface area contributed by atoms with E-state index in [1.807, 2.05) is 12.1 Å². The van der Waals surface area contributed by atoms with Gasteiger partial charge in [-0.1, -0.05) is 5.16 Å². The molecule has 0 aromatic carbocycles. The summed E-state index contributed by atoms with van der Waals surface area (Å²) in [6, 6.07) is 8.91. The number of pyridine rings is 1. The highest BCUT2D eigenvalue weighted by Crippen LogP contribution is 2.20. The lowest BCUT2D eigenvalue weighted by atomic mass is 10.2. The molecule has 1 amide bonds. The van der Waals surface area contributed by atoms with Gasteiger partial charge in [0.15, 0.2) is 5.76 Å². The van der Waals surface area contributed by atoms with Crippen molar-refractivity contribution in [3.63, 3.8) is 0 Å². The quantitative estimate of drug-likeness (QED) is 0.732. The zero-order chi connectivity index (χ0) is 15.2. The van der Waals surface area contributed by atoms with E-state index >= 15 is 0 Å². The molecule has 0 fully saturated rings. The van der Waals surface area contributed by atoms with Gasteiger partial charge in [-0.3, -0.25) is 9.78 Å². The maximum Gasteiger partial charge on any atom is 0.244 e. The molecule has 1 N–H and O–H groups in total. The molecule has 0 radical (unpaired) electrons. The van der Waals surface area contributed by atoms with E-state index in [0.29, 0.717) is 17.2 Å². The number of nitrogens with one attached hydrogen (secondary N) is 1. The Morgan fingerprint density at radius 2 is 2.09 bits per heavy atom. The average Bonchev–Trinajstić information content (AvgIpc) is 3.22. The zero-order valence-electron chi connectivity index (χ0n) is 11.6. The lowest BCUT2D eigenvalue weighted by Crippen LogP contribution is -2.20. The molecule has 0 saturated carbocycles. The Morgan fingerprint density at radius 1 is 1.23 bits per heavy atom. The summed E-state index contributed by atoms with van der Waals surface area (Å²) >= 11 is 0. The minimum absolute atomic E-state index is 0.209. The van der Waals surface area contributed by atoms with Crippen LogP contribution >= 0.6 is 0 Å². The van der Waals surface area contributed by atoms with Crippen LogP contribution in [-0.2, 0) is 11.3 Å². The van der Waals surface area contributed by atoms with Gasteiger partial charge in [-0.05, 0) is 35.9 Å². The van der Waals surface area contributed by atoms with Gasteiger partial charge in [-0.2, -0.15) is 0 Å². The van der Waals surface area contributed by atoms with E-state index in [4.69, 9.17) is 8.94 Å². The number of hydrogen-bond donors (Lipinski definition) is 1. The first-order valence-electron chi connectivity index (χ1n) is 6.67. The number of carbonyl (C=O) groups excluding carboxylic acids is 1. The minimum atomic E-state index is -0.209. The molecular formula is C16H13N3O3. The van der Waals surface area contributed by atoms with Crippen LogP contribution in [0.5, 0.6) is 0 Å². The van der Waals surface area contributed by atoms with Crippen LogP contribution in [0.2, 0.25) is 0 Å². The second-order valence-corrected chi connectivity index (χ2v) is 4.49. The Labute approximate surface area is 126 Å². The summed E-state index contributed by atoms with van der Waals surface area (Å²) in [4.78, 5) is 15.6. The number of aromatic nitrogens is 2. The van der Waals surface area contributed by atoms with E-state index in [1.54, 1.807) is 42.9 Å². The molecule has 0 saturated heterocycles. The van der Waals surface area contributed by atoms with Crippen LogP contribution in [0.4, 0.5) is 0 Å². The van der Waals surface area contributed by atoms with Crippen molar-refractivity contribution in [2.24, 2.45) is 0 Å². The van der Waals surface area contributed by atoms with E-state index in [0.717, 1.165) is 5.56 Å². The number of hydrogen-bond acceptors (Lipinski definition) is 5. The molecule has 3 aromatic heterocycles. The molecule has 3 aromatic rings. The first kappa shape index (κ1) is 13.8. The van der Waals surface area contributed by atoms with Gasteiger partial charge in [-0.25, -0.2) is 0 Å². The van der Waals surface area contributed by atoms with Gasteiger partial charge in [0.05, 0.1) is 12.8 Å². The van der Waals surface area contributed by atoms with E-state index in [9.17, 15) is 4.79 Å². The van der Waals surface area contributed by atoms with Crippen LogP contribution in [0.15, 0.2) is 64.0 Å². The molecule has 0 aliphatic heterocycles. The second-order valence-electron chi connectivity index (χ2n) is 4.49. The molecule has 0 aliphatic rings. The van der Waals surface area contributed by atoms with Crippen LogP contribution < -0.4 is 5.32 Å². The predicted molar refractivity (Wildman–Crippen MR) is 79.3 cm³/mol. The average molecular weight is 295 g/mol. The van der Waals surface area contributed by atoms with Crippen LogP contribution in [-0.4, -0.2) is 16.0 Å². The Morgan fingerprint density at radius 3 is 2.86 bits per heavy atom. The van der Waals surface area contributed by atoms with E-state index in [1.165, 1.54) is 6.08 Å². The molecule has 3 rings (SSSR count). The van der Waals surface area contributed by atoms with Crippen molar-refractivity contribution < 1.29 is 13.7 Å². The van der Waals surface area contributed by atoms with Crippen molar-refractivity contribution in [3.05, 3.63) is 66.3 Å². The minimum Gasteiger partial charge on any atom is -0.461 e. The van der Waals surface area contributed by atoms with Crippen molar-refractivity contribution in [1.82, 2.24) is 15.5 Å². The molecule has 0 aliphatic carbocycles. The number of furan rings is 1. The molecule has 6 heteroatoms. The number of amides is 1. The fourth-order valence-electron chi connectivity index (χ4n) is 1.81. The van der Waals surface area contributed by atoms with Crippen LogP contribution in [0.25, 0.3) is 17.6 Å². The maximum absolute atomic E-state index is 11.7. The fourth-order valence-corrected chi connectivity index (χ4v) is 1.81. The molecule has 22 heavy (non-hydrogen) atoms. The summed E-state index contributed by atoms with van der Waals surface area (Å²) in [7, 11) is 0. The Balaban J connectivity index is 1.54. The monoisotopic (exact) mass is 295 g/mol. The highest BCUT2D eigenvalue weighted by molar-refractivity contribution is 5.91. The summed E-state index contributed by atoms with van der Waals surface area (Å²) in [5, 5.41) is 6.61. The molecule has 3 heterocycles. The topological polar surface area (TPSA) is 81.2 Å². The largest absolute Gasteiger partial charge is 0.461 e. The molecular weight excluding hydrogens is 282 g/mol. The van der Waals surface area contributed by atoms with Gasteiger partial charge in [0.2, 0.25) is 11.7 Å². The van der Waals surface area contributed by atoms with Gasteiger partial charge < -0.3 is 14.3 Å². The van der Waals surface area contributed by atoms with Crippen molar-refractivity contribution in [2.75, 3.05) is 0 Å². The number of nitrogens with zero attached hydrogens (tertiary/aromatic N) is 2. The summed E-state index contributed by atoms with van der Waals surface area (Å²) in [6.07, 6.45) is 8.08. The summed E-state index contributed by atoms with van der Waals surface area (Å²) in [6.45, 7) is 0.281. The lowest BCUT2D eigenvalue weighted by molar-refractivity contribution is -0.116. The highest BCUT2D eigenvalue weighted by atomic mass is 16.5. The van der Waals surface area contributed by atoms with Crippen molar-refractivity contribution in [3.8, 4) is 11.5 Å². The normalized spacial score (nSPS) is 10.9. The molecule has 6 nitrogen and oxygen atoms in total. The highest BCUT2D eigenvalue weighted by Gasteiger charge is 2.09. The first-order valence-corrected chi connectivity index (χ1v) is 6.67. The third kappa shape index (κ3) is 3.49. The van der Waals surface area contributed by atoms with Crippen molar-refractivity contribution in [1.29, 1.82) is 0 Å². The Bertz CT molecular complexity index is 761. The van der Waals surface area contributed by atoms with Crippen LogP contribution in [0.1, 0.15) is 11.3 Å². The number of rotatable bonds is 5. The van der Waals surface area contributed by atoms with E-state index in [2.05, 4.69) is 15.5 Å². The number of carbonyl (C=O) groups is 1. The van der Waals surface area contributed by atoms with Gasteiger partial charge >= 0.3 is 0 Å². The van der Waals surface area contributed by atoms with E-state index < -0.39 is 0 Å². The SMILES string of the molecule is O=C(/C=C\c1ccncc1)NCc1cc(-c2ccco2)on1. The van der Waals surface area contributed by atoms with Crippen molar-refractivity contribution in [2.45, 2.75) is 6.54 Å². The standard InChI is InChI=1S/C16H13N3O3/c20-16(4-3-12-5-7-17-8-6-12)18-11-13-10-15(22-19-13)14-2-1-9-21-14/h1-10H,11H2,(H,18,20)/b4-3-. The predicted octanol–water partition coefficient (Wildman–Crippen LogP) is 2.66. The van der Waals surface area contributed by atoms with E-state index in [-0.39, 0.29) is 12.5 Å². The second kappa shape index (κ2) is 6.53. The molecule has 0 atom stereocenters. The van der Waals surface area contributed by atoms with Crippen LogP contribution in [0, 0.1) is 0 Å². The third-order valence-electron chi connectivity index (χ3n) is 2.90. The summed E-state index contributed by atoms with van der Waals surface area (Å²) in [5.74, 6) is 0.920. The third-order valence-corrected chi connectivity index (χ3v) is 2.90. The summed E-state index contributed by atoms with van der Waals surface area (Å²) in [5.41, 5.74) is 1.53. The smallest absolute Gasteiger partial charge is 0.244 e. The van der Waals surface area contributed by atoms with Crippen molar-refractivity contribution >= 4 is 12.0 Å². The van der Waals surface area contributed by atoms with Gasteiger partial charge in [-0.15, -0.1) is 0 Å². The maximum atomic E-state index is 11.7. The van der Waals surface area contributed by atoms with Gasteiger partial charge in [0.1, 0.15) is 5.69 Å². The fraction of sp³-hybridized carbons (Fsp3) is 0.0625. The van der Waals surface area contributed by atoms with Gasteiger partial charge in [0.25, 0.3) is 0 Å². The Hall–Kier alpha value is -3.15. The first-order chi connectivity index (χ1) is 10.8. The van der Waals surface area contributed by atoms with Gasteiger partial charge in [0, 0.05) is 24.5 Å². The summed E-state index contributed by atoms with van der Waals surface area (Å²) < 4.78 is 10.4. The molecule has 110 valence electrons.